The van der Waals surface area contributed by atoms with Crippen molar-refractivity contribution in [3.05, 3.63) is 29.8 Å². The maximum absolute atomic E-state index is 11.7. The molecule has 0 spiro atoms. The summed E-state index contributed by atoms with van der Waals surface area (Å²) in [6.45, 7) is 2.77. The molecule has 1 heterocycles. The van der Waals surface area contributed by atoms with Crippen LogP contribution in [0.5, 0.6) is 0 Å². The number of nitrogen functional groups attached to an aromatic ring is 1. The van der Waals surface area contributed by atoms with Gasteiger partial charge in [0.2, 0.25) is 0 Å². The largest absolute Gasteiger partial charge is 0.463 e. The molecule has 0 saturated carbocycles. The van der Waals surface area contributed by atoms with Gasteiger partial charge in [0, 0.05) is 25.2 Å². The van der Waals surface area contributed by atoms with Crippen molar-refractivity contribution in [2.45, 2.75) is 18.9 Å². The Bertz CT molecular complexity index is 450. The monoisotopic (exact) mass is 278 g/mol. The number of aryl methyl sites for hydroxylation is 1. The van der Waals surface area contributed by atoms with Crippen LogP contribution in [0.3, 0.4) is 0 Å². The number of morpholine rings is 1. The number of nitrogens with zero attached hydrogens (tertiary/aromatic N) is 1. The molecule has 0 aliphatic carbocycles. The first-order valence-electron chi connectivity index (χ1n) is 6.93. The van der Waals surface area contributed by atoms with Gasteiger partial charge in [-0.3, -0.25) is 4.79 Å². The molecule has 110 valence electrons. The Morgan fingerprint density at radius 1 is 1.55 bits per heavy atom. The van der Waals surface area contributed by atoms with Gasteiger partial charge in [-0.25, -0.2) is 0 Å². The minimum atomic E-state index is -0.191. The highest BCUT2D eigenvalue weighted by Gasteiger charge is 2.19. The van der Waals surface area contributed by atoms with E-state index in [9.17, 15) is 4.79 Å². The molecule has 2 rings (SSSR count). The molecule has 1 atom stereocenters. The van der Waals surface area contributed by atoms with E-state index in [2.05, 4.69) is 4.90 Å². The van der Waals surface area contributed by atoms with Gasteiger partial charge in [0.1, 0.15) is 12.7 Å². The van der Waals surface area contributed by atoms with Crippen LogP contribution in [0.4, 0.5) is 5.69 Å². The van der Waals surface area contributed by atoms with E-state index in [1.807, 2.05) is 31.3 Å². The average molecular weight is 278 g/mol. The first-order chi connectivity index (χ1) is 9.63. The minimum absolute atomic E-state index is 0.00919. The zero-order valence-electron chi connectivity index (χ0n) is 11.9. The van der Waals surface area contributed by atoms with E-state index in [0.717, 1.165) is 24.3 Å². The molecule has 1 aliphatic heterocycles. The Morgan fingerprint density at radius 2 is 2.40 bits per heavy atom. The lowest BCUT2D eigenvalue weighted by atomic mass is 10.1. The second-order valence-corrected chi connectivity index (χ2v) is 5.18. The normalized spacial score (nSPS) is 19.8. The molecule has 1 aliphatic rings. The van der Waals surface area contributed by atoms with Crippen LogP contribution in [-0.4, -0.2) is 50.3 Å². The van der Waals surface area contributed by atoms with E-state index >= 15 is 0 Å². The summed E-state index contributed by atoms with van der Waals surface area (Å²) in [6.07, 6.45) is 1.01. The molecule has 5 heteroatoms. The maximum Gasteiger partial charge on any atom is 0.306 e. The Morgan fingerprint density at radius 3 is 3.15 bits per heavy atom. The van der Waals surface area contributed by atoms with Crippen molar-refractivity contribution >= 4 is 11.7 Å². The lowest BCUT2D eigenvalue weighted by Crippen LogP contribution is -2.42. The summed E-state index contributed by atoms with van der Waals surface area (Å²) >= 11 is 0. The van der Waals surface area contributed by atoms with Crippen molar-refractivity contribution in [3.8, 4) is 0 Å². The smallest absolute Gasteiger partial charge is 0.306 e. The molecule has 0 bridgehead atoms. The maximum atomic E-state index is 11.7. The predicted octanol–water partition coefficient (Wildman–Crippen LogP) is 1.08. The van der Waals surface area contributed by atoms with Crippen LogP contribution in [0.2, 0.25) is 0 Å². The minimum Gasteiger partial charge on any atom is -0.463 e. The number of hydrogen-bond donors (Lipinski definition) is 1. The fourth-order valence-corrected chi connectivity index (χ4v) is 2.22. The van der Waals surface area contributed by atoms with E-state index in [1.165, 1.54) is 0 Å². The van der Waals surface area contributed by atoms with E-state index in [0.29, 0.717) is 26.1 Å². The highest BCUT2D eigenvalue weighted by molar-refractivity contribution is 5.69. The lowest BCUT2D eigenvalue weighted by molar-refractivity contribution is -0.150. The van der Waals surface area contributed by atoms with E-state index in [4.69, 9.17) is 15.2 Å². The summed E-state index contributed by atoms with van der Waals surface area (Å²) < 4.78 is 10.8. The van der Waals surface area contributed by atoms with E-state index in [1.54, 1.807) is 0 Å². The van der Waals surface area contributed by atoms with Gasteiger partial charge in [0.15, 0.2) is 0 Å². The molecule has 5 nitrogen and oxygen atoms in total. The number of rotatable bonds is 5. The van der Waals surface area contributed by atoms with Crippen LogP contribution in [0.1, 0.15) is 12.0 Å². The Labute approximate surface area is 119 Å². The first kappa shape index (κ1) is 14.8. The SMILES string of the molecule is CN1CCOC(COC(=O)CCc2cccc(N)c2)C1. The van der Waals surface area contributed by atoms with Crippen molar-refractivity contribution in [1.82, 2.24) is 4.90 Å². The quantitative estimate of drug-likeness (QED) is 0.645. The molecule has 0 radical (unpaired) electrons. The molecular formula is C15H22N2O3. The standard InChI is InChI=1S/C15H22N2O3/c1-17-7-8-19-14(10-17)11-20-15(18)6-5-12-3-2-4-13(16)9-12/h2-4,9,14H,5-8,10-11,16H2,1H3. The van der Waals surface area contributed by atoms with Gasteiger partial charge in [-0.05, 0) is 31.2 Å². The second-order valence-electron chi connectivity index (χ2n) is 5.18. The van der Waals surface area contributed by atoms with Crippen LogP contribution in [-0.2, 0) is 20.7 Å². The summed E-state index contributed by atoms with van der Waals surface area (Å²) in [5.74, 6) is -0.191. The fraction of sp³-hybridized carbons (Fsp3) is 0.533. The number of ether oxygens (including phenoxy) is 2. The molecule has 0 aromatic heterocycles. The lowest BCUT2D eigenvalue weighted by Gasteiger charge is -2.29. The van der Waals surface area contributed by atoms with Gasteiger partial charge < -0.3 is 20.1 Å². The Kier molecular flexibility index (Phi) is 5.38. The first-order valence-corrected chi connectivity index (χ1v) is 6.93. The number of benzene rings is 1. The van der Waals surface area contributed by atoms with E-state index in [-0.39, 0.29) is 12.1 Å². The van der Waals surface area contributed by atoms with E-state index < -0.39 is 0 Å². The number of hydrogen-bond acceptors (Lipinski definition) is 5. The van der Waals surface area contributed by atoms with Crippen molar-refractivity contribution < 1.29 is 14.3 Å². The summed E-state index contributed by atoms with van der Waals surface area (Å²) in [5.41, 5.74) is 7.47. The fourth-order valence-electron chi connectivity index (χ4n) is 2.22. The summed E-state index contributed by atoms with van der Waals surface area (Å²) in [7, 11) is 2.04. The van der Waals surface area contributed by atoms with Crippen molar-refractivity contribution in [2.24, 2.45) is 0 Å². The van der Waals surface area contributed by atoms with Crippen molar-refractivity contribution in [1.29, 1.82) is 0 Å². The molecule has 1 unspecified atom stereocenters. The summed E-state index contributed by atoms with van der Waals surface area (Å²) in [5, 5.41) is 0. The van der Waals surface area contributed by atoms with Crippen molar-refractivity contribution in [3.63, 3.8) is 0 Å². The molecule has 1 aromatic rings. The second kappa shape index (κ2) is 7.26. The van der Waals surface area contributed by atoms with Gasteiger partial charge in [0.25, 0.3) is 0 Å². The third-order valence-electron chi connectivity index (χ3n) is 3.34. The molecule has 1 aromatic carbocycles. The van der Waals surface area contributed by atoms with Crippen LogP contribution < -0.4 is 5.73 Å². The molecule has 2 N–H and O–H groups in total. The zero-order valence-corrected chi connectivity index (χ0v) is 11.9. The van der Waals surface area contributed by atoms with Gasteiger partial charge >= 0.3 is 5.97 Å². The number of likely N-dealkylation sites (N-methyl/N-ethyl adjacent to an activating group) is 1. The number of nitrogens with two attached hydrogens (primary N) is 1. The molecule has 20 heavy (non-hydrogen) atoms. The molecule has 0 amide bonds. The summed E-state index contributed by atoms with van der Waals surface area (Å²) in [4.78, 5) is 13.9. The third-order valence-corrected chi connectivity index (χ3v) is 3.34. The van der Waals surface area contributed by atoms with Gasteiger partial charge in [-0.15, -0.1) is 0 Å². The number of esters is 1. The van der Waals surface area contributed by atoms with Gasteiger partial charge in [-0.1, -0.05) is 12.1 Å². The van der Waals surface area contributed by atoms with Crippen LogP contribution in [0.15, 0.2) is 24.3 Å². The van der Waals surface area contributed by atoms with Gasteiger partial charge in [-0.2, -0.15) is 0 Å². The topological polar surface area (TPSA) is 64.8 Å². The van der Waals surface area contributed by atoms with Crippen LogP contribution >= 0.6 is 0 Å². The molecule has 1 saturated heterocycles. The average Bonchev–Trinajstić information content (AvgIpc) is 2.43. The molecular weight excluding hydrogens is 256 g/mol. The van der Waals surface area contributed by atoms with Gasteiger partial charge in [0.05, 0.1) is 6.61 Å². The summed E-state index contributed by atoms with van der Waals surface area (Å²) in [6, 6.07) is 7.57. The van der Waals surface area contributed by atoms with Crippen molar-refractivity contribution in [2.75, 3.05) is 39.1 Å². The number of anilines is 1. The highest BCUT2D eigenvalue weighted by Crippen LogP contribution is 2.10. The van der Waals surface area contributed by atoms with Crippen LogP contribution in [0.25, 0.3) is 0 Å². The number of carbonyl (C=O) groups is 1. The highest BCUT2D eigenvalue weighted by atomic mass is 16.6. The Hall–Kier alpha value is -1.59. The third kappa shape index (κ3) is 4.83. The Balaban J connectivity index is 1.67. The predicted molar refractivity (Wildman–Crippen MR) is 77.4 cm³/mol. The molecule has 1 fully saturated rings. The number of carbonyl (C=O) groups excluding carboxylic acids is 1. The van der Waals surface area contributed by atoms with Crippen LogP contribution in [0, 0.1) is 0 Å². The zero-order chi connectivity index (χ0) is 14.4.